The molecule has 198 valence electrons. The Morgan fingerprint density at radius 2 is 2.08 bits per heavy atom. The number of nitrogens with zero attached hydrogens (tertiary/aromatic N) is 4. The molecule has 1 aromatic carbocycles. The minimum Gasteiger partial charge on any atom is -0.434 e. The maximum atomic E-state index is 13.4. The van der Waals surface area contributed by atoms with Crippen LogP contribution in [0, 0.1) is 0 Å². The molecule has 2 aliphatic heterocycles. The first kappa shape index (κ1) is 23.8. The largest absolute Gasteiger partial charge is 0.434 e. The van der Waals surface area contributed by atoms with E-state index in [1.54, 1.807) is 24.1 Å². The third kappa shape index (κ3) is 3.37. The summed E-state index contributed by atoms with van der Waals surface area (Å²) in [5.41, 5.74) is 12.5. The molecule has 7 nitrogen and oxygen atoms in total. The fourth-order valence-electron chi connectivity index (χ4n) is 7.16. The number of alkyl halides is 2. The lowest BCUT2D eigenvalue weighted by molar-refractivity contribution is -0.0505. The van der Waals surface area contributed by atoms with Crippen LogP contribution in [0.5, 0.6) is 5.75 Å². The molecular formula is C29H31F2N5O2. The quantitative estimate of drug-likeness (QED) is 0.535. The lowest BCUT2D eigenvalue weighted by Gasteiger charge is -2.51. The van der Waals surface area contributed by atoms with Crippen LogP contribution in [0.4, 0.5) is 8.78 Å². The van der Waals surface area contributed by atoms with E-state index >= 15 is 0 Å². The molecule has 7 rings (SSSR count). The van der Waals surface area contributed by atoms with Gasteiger partial charge >= 0.3 is 6.61 Å². The van der Waals surface area contributed by atoms with Gasteiger partial charge in [-0.1, -0.05) is 12.1 Å². The van der Waals surface area contributed by atoms with Crippen molar-refractivity contribution in [2.75, 3.05) is 26.7 Å². The van der Waals surface area contributed by atoms with Crippen molar-refractivity contribution < 1.29 is 18.3 Å². The van der Waals surface area contributed by atoms with Gasteiger partial charge in [-0.15, -0.1) is 0 Å². The summed E-state index contributed by atoms with van der Waals surface area (Å²) in [6.45, 7) is -0.373. The van der Waals surface area contributed by atoms with Gasteiger partial charge in [-0.3, -0.25) is 9.69 Å². The molecule has 4 aliphatic rings. The predicted molar refractivity (Wildman–Crippen MR) is 139 cm³/mol. The first-order valence-electron chi connectivity index (χ1n) is 13.4. The number of amides is 1. The summed E-state index contributed by atoms with van der Waals surface area (Å²) < 4.78 is 33.5. The lowest BCUT2D eigenvalue weighted by atomic mass is 9.74. The number of carbonyl (C=O) groups is 1. The monoisotopic (exact) mass is 519 g/mol. The van der Waals surface area contributed by atoms with Gasteiger partial charge < -0.3 is 15.4 Å². The Balaban J connectivity index is 1.31. The molecular weight excluding hydrogens is 488 g/mol. The van der Waals surface area contributed by atoms with Crippen LogP contribution in [-0.4, -0.2) is 64.2 Å². The van der Waals surface area contributed by atoms with E-state index in [4.69, 9.17) is 15.6 Å². The molecule has 2 aliphatic carbocycles. The summed E-state index contributed by atoms with van der Waals surface area (Å²) in [7, 11) is 1.76. The minimum absolute atomic E-state index is 0.0631. The van der Waals surface area contributed by atoms with E-state index in [0.29, 0.717) is 24.1 Å². The number of hydrogen-bond acceptors (Lipinski definition) is 5. The number of aromatic nitrogens is 2. The molecule has 1 fully saturated rings. The highest BCUT2D eigenvalue weighted by Crippen LogP contribution is 2.53. The van der Waals surface area contributed by atoms with E-state index in [0.717, 1.165) is 41.8 Å². The van der Waals surface area contributed by atoms with E-state index in [2.05, 4.69) is 23.1 Å². The average Bonchev–Trinajstić information content (AvgIpc) is 3.41. The van der Waals surface area contributed by atoms with Crippen molar-refractivity contribution in [3.05, 3.63) is 70.6 Å². The minimum atomic E-state index is -2.97. The molecule has 3 aromatic rings. The maximum Gasteiger partial charge on any atom is 0.387 e. The molecule has 2 bridgehead atoms. The lowest BCUT2D eigenvalue weighted by Crippen LogP contribution is -2.59. The van der Waals surface area contributed by atoms with Crippen molar-refractivity contribution in [1.29, 1.82) is 0 Å². The molecule has 2 unspecified atom stereocenters. The topological polar surface area (TPSA) is 76.1 Å². The third-order valence-electron chi connectivity index (χ3n) is 9.39. The van der Waals surface area contributed by atoms with E-state index in [-0.39, 0.29) is 29.2 Å². The second kappa shape index (κ2) is 8.61. The highest BCUT2D eigenvalue weighted by Gasteiger charge is 2.46. The number of ether oxygens (including phenoxy) is 1. The number of pyridine rings is 1. The van der Waals surface area contributed by atoms with Gasteiger partial charge in [-0.25, -0.2) is 4.52 Å². The van der Waals surface area contributed by atoms with Gasteiger partial charge in [0.25, 0.3) is 5.91 Å². The number of carbonyl (C=O) groups excluding carboxylic acids is 1. The van der Waals surface area contributed by atoms with Gasteiger partial charge in [-0.05, 0) is 67.5 Å². The SMILES string of the molecule is CN1C(=O)c2cccc(OC(F)F)c2C2CC1c1nn3ccc(C4=CCN(C5(CN)CCC5)CC4)cc3c12. The molecule has 0 saturated heterocycles. The molecule has 1 saturated carbocycles. The van der Waals surface area contributed by atoms with Crippen molar-refractivity contribution in [1.82, 2.24) is 19.4 Å². The average molecular weight is 520 g/mol. The molecule has 4 heterocycles. The van der Waals surface area contributed by atoms with Crippen LogP contribution in [-0.2, 0) is 0 Å². The van der Waals surface area contributed by atoms with Crippen molar-refractivity contribution in [3.63, 3.8) is 0 Å². The Labute approximate surface area is 219 Å². The summed E-state index contributed by atoms with van der Waals surface area (Å²) in [5, 5.41) is 4.88. The molecule has 0 radical (unpaired) electrons. The van der Waals surface area contributed by atoms with Crippen LogP contribution in [0.2, 0.25) is 0 Å². The molecule has 1 amide bonds. The summed E-state index contributed by atoms with van der Waals surface area (Å²) in [6.07, 6.45) is 9.45. The van der Waals surface area contributed by atoms with Gasteiger partial charge in [0.05, 0.1) is 17.3 Å². The molecule has 9 heteroatoms. The Morgan fingerprint density at radius 3 is 2.76 bits per heavy atom. The van der Waals surface area contributed by atoms with Gasteiger partial charge in [0, 0.05) is 61.0 Å². The number of nitrogens with two attached hydrogens (primary N) is 1. The summed E-state index contributed by atoms with van der Waals surface area (Å²) >= 11 is 0. The maximum absolute atomic E-state index is 13.4. The van der Waals surface area contributed by atoms with Crippen LogP contribution < -0.4 is 10.5 Å². The molecule has 38 heavy (non-hydrogen) atoms. The Morgan fingerprint density at radius 1 is 1.24 bits per heavy atom. The number of fused-ring (bicyclic) bond motifs is 9. The third-order valence-corrected chi connectivity index (χ3v) is 9.39. The van der Waals surface area contributed by atoms with Crippen LogP contribution in [0.25, 0.3) is 11.1 Å². The standard InChI is InChI=1S/C29H31F2N5O2/c1-34-22-15-20(24-19(27(34)37)4-2-5-23(24)38-28(30)31)25-21-14-18(8-13-36(21)33-26(22)25)17-6-11-35(12-7-17)29(16-32)9-3-10-29/h2,4-6,8,13-14,20,22,28H,3,7,9-12,15-16,32H2,1H3. The summed E-state index contributed by atoms with van der Waals surface area (Å²) in [5.74, 6) is -0.400. The van der Waals surface area contributed by atoms with Gasteiger partial charge in [-0.2, -0.15) is 13.9 Å². The van der Waals surface area contributed by atoms with Crippen molar-refractivity contribution in [2.24, 2.45) is 5.73 Å². The van der Waals surface area contributed by atoms with Crippen LogP contribution >= 0.6 is 0 Å². The summed E-state index contributed by atoms with van der Waals surface area (Å²) in [6, 6.07) is 8.88. The zero-order valence-corrected chi connectivity index (χ0v) is 21.4. The van der Waals surface area contributed by atoms with E-state index < -0.39 is 6.61 Å². The zero-order chi connectivity index (χ0) is 26.2. The van der Waals surface area contributed by atoms with Crippen molar-refractivity contribution in [2.45, 2.75) is 56.2 Å². The predicted octanol–water partition coefficient (Wildman–Crippen LogP) is 4.57. The van der Waals surface area contributed by atoms with Crippen molar-refractivity contribution >= 4 is 17.0 Å². The highest BCUT2D eigenvalue weighted by atomic mass is 19.3. The van der Waals surface area contributed by atoms with Crippen LogP contribution in [0.15, 0.2) is 42.6 Å². The number of rotatable bonds is 5. The Hall–Kier alpha value is -3.30. The van der Waals surface area contributed by atoms with E-state index in [9.17, 15) is 13.6 Å². The molecule has 2 aromatic heterocycles. The highest BCUT2D eigenvalue weighted by molar-refractivity contribution is 5.98. The zero-order valence-electron chi connectivity index (χ0n) is 21.4. The fourth-order valence-corrected chi connectivity index (χ4v) is 7.16. The number of benzene rings is 1. The van der Waals surface area contributed by atoms with E-state index in [1.807, 2.05) is 10.7 Å². The number of hydrogen-bond donors (Lipinski definition) is 1. The Kier molecular flexibility index (Phi) is 5.39. The van der Waals surface area contributed by atoms with Gasteiger partial charge in [0.15, 0.2) is 0 Å². The fraction of sp³-hybridized carbons (Fsp3) is 0.448. The second-order valence-corrected chi connectivity index (χ2v) is 11.1. The van der Waals surface area contributed by atoms with Crippen LogP contribution in [0.3, 0.4) is 0 Å². The van der Waals surface area contributed by atoms with Gasteiger partial charge in [0.1, 0.15) is 5.75 Å². The van der Waals surface area contributed by atoms with Crippen LogP contribution in [0.1, 0.15) is 76.8 Å². The summed E-state index contributed by atoms with van der Waals surface area (Å²) in [4.78, 5) is 17.6. The molecule has 2 atom stereocenters. The first-order valence-corrected chi connectivity index (χ1v) is 13.4. The normalized spacial score (nSPS) is 24.2. The van der Waals surface area contributed by atoms with E-state index in [1.165, 1.54) is 30.9 Å². The molecule has 0 spiro atoms. The second-order valence-electron chi connectivity index (χ2n) is 11.1. The smallest absolute Gasteiger partial charge is 0.387 e. The first-order chi connectivity index (χ1) is 18.4. The van der Waals surface area contributed by atoms with Gasteiger partial charge in [0.2, 0.25) is 0 Å². The molecule has 2 N–H and O–H groups in total. The Bertz CT molecular complexity index is 1470. The van der Waals surface area contributed by atoms with Crippen molar-refractivity contribution in [3.8, 4) is 5.75 Å². The number of halogens is 2.